The van der Waals surface area contributed by atoms with Crippen LogP contribution in [0.3, 0.4) is 0 Å². The van der Waals surface area contributed by atoms with Crippen molar-refractivity contribution in [2.75, 3.05) is 6.54 Å². The summed E-state index contributed by atoms with van der Waals surface area (Å²) in [4.78, 5) is 17.1. The van der Waals surface area contributed by atoms with E-state index in [0.29, 0.717) is 35.2 Å². The Labute approximate surface area is 170 Å². The van der Waals surface area contributed by atoms with Crippen LogP contribution in [0.15, 0.2) is 59.1 Å². The van der Waals surface area contributed by atoms with E-state index in [9.17, 15) is 4.79 Å². The van der Waals surface area contributed by atoms with Crippen molar-refractivity contribution in [3.8, 4) is 22.8 Å². The number of amides is 1. The van der Waals surface area contributed by atoms with E-state index in [4.69, 9.17) is 10.2 Å². The highest BCUT2D eigenvalue weighted by molar-refractivity contribution is 6.00. The average molecular weight is 398 g/mol. The highest BCUT2D eigenvalue weighted by Gasteiger charge is 2.28. The fourth-order valence-corrected chi connectivity index (χ4v) is 3.11. The van der Waals surface area contributed by atoms with Crippen LogP contribution < -0.4 is 11.1 Å². The maximum atomic E-state index is 12.7. The molecule has 1 fully saturated rings. The van der Waals surface area contributed by atoms with Crippen LogP contribution >= 0.6 is 12.4 Å². The number of hydrogen-bond donors (Lipinski definition) is 2. The minimum Gasteiger partial charge on any atom is -0.436 e. The van der Waals surface area contributed by atoms with Crippen LogP contribution in [0.5, 0.6) is 0 Å². The molecule has 1 heterocycles. The second-order valence-electron chi connectivity index (χ2n) is 7.15. The number of oxazole rings is 1. The van der Waals surface area contributed by atoms with Gasteiger partial charge in [0.05, 0.1) is 11.8 Å². The Morgan fingerprint density at radius 1 is 1.21 bits per heavy atom. The molecule has 1 aliphatic carbocycles. The fraction of sp³-hybridized carbons (Fsp3) is 0.273. The Morgan fingerprint density at radius 2 is 1.93 bits per heavy atom. The molecule has 1 unspecified atom stereocenters. The standard InChI is InChI=1S/C22H23N3O2.ClH/c1-14-6-8-16(9-7-14)20-13-25-22(27-20)18-5-3-2-4-17(18)21(26)24-12-19(23)15-10-11-15;/h2-9,13,15,19H,10-12,23H2,1H3,(H,24,26);1H. The summed E-state index contributed by atoms with van der Waals surface area (Å²) in [5.74, 6) is 1.50. The molecule has 1 aliphatic rings. The Morgan fingerprint density at radius 3 is 2.64 bits per heavy atom. The quantitative estimate of drug-likeness (QED) is 0.652. The summed E-state index contributed by atoms with van der Waals surface area (Å²) in [6, 6.07) is 15.4. The van der Waals surface area contributed by atoms with Crippen molar-refractivity contribution in [3.05, 3.63) is 65.9 Å². The van der Waals surface area contributed by atoms with Crippen molar-refractivity contribution < 1.29 is 9.21 Å². The molecule has 1 amide bonds. The fourth-order valence-electron chi connectivity index (χ4n) is 3.11. The number of rotatable bonds is 6. The van der Waals surface area contributed by atoms with Crippen LogP contribution in [0.1, 0.15) is 28.8 Å². The Bertz CT molecular complexity index is 948. The Balaban J connectivity index is 0.00000225. The number of aromatic nitrogens is 1. The molecule has 0 bridgehead atoms. The molecule has 0 saturated heterocycles. The number of halogens is 1. The van der Waals surface area contributed by atoms with E-state index in [-0.39, 0.29) is 24.4 Å². The van der Waals surface area contributed by atoms with Gasteiger partial charge in [-0.3, -0.25) is 4.79 Å². The summed E-state index contributed by atoms with van der Waals surface area (Å²) in [7, 11) is 0. The second-order valence-corrected chi connectivity index (χ2v) is 7.15. The van der Waals surface area contributed by atoms with Gasteiger partial charge < -0.3 is 15.5 Å². The van der Waals surface area contributed by atoms with E-state index in [1.165, 1.54) is 5.56 Å². The van der Waals surface area contributed by atoms with Gasteiger partial charge in [0.2, 0.25) is 5.89 Å². The zero-order chi connectivity index (χ0) is 18.8. The van der Waals surface area contributed by atoms with Crippen LogP contribution in [-0.2, 0) is 0 Å². The van der Waals surface area contributed by atoms with Crippen LogP contribution in [-0.4, -0.2) is 23.5 Å². The largest absolute Gasteiger partial charge is 0.436 e. The number of carbonyl (C=O) groups is 1. The summed E-state index contributed by atoms with van der Waals surface area (Å²) >= 11 is 0. The highest BCUT2D eigenvalue weighted by Crippen LogP contribution is 2.31. The Kier molecular flexibility index (Phi) is 6.17. The minimum absolute atomic E-state index is 0. The predicted molar refractivity (Wildman–Crippen MR) is 112 cm³/mol. The molecule has 2 aromatic carbocycles. The van der Waals surface area contributed by atoms with Gasteiger partial charge >= 0.3 is 0 Å². The maximum absolute atomic E-state index is 12.7. The molecule has 28 heavy (non-hydrogen) atoms. The van der Waals surface area contributed by atoms with E-state index >= 15 is 0 Å². The number of nitrogens with two attached hydrogens (primary N) is 1. The van der Waals surface area contributed by atoms with Crippen molar-refractivity contribution in [2.45, 2.75) is 25.8 Å². The second kappa shape index (κ2) is 8.59. The molecule has 146 valence electrons. The predicted octanol–water partition coefficient (Wildman–Crippen LogP) is 4.21. The average Bonchev–Trinajstić information content (AvgIpc) is 3.43. The first-order valence-electron chi connectivity index (χ1n) is 9.28. The number of nitrogens with zero attached hydrogens (tertiary/aromatic N) is 1. The lowest BCUT2D eigenvalue weighted by Crippen LogP contribution is -2.38. The minimum atomic E-state index is -0.156. The molecule has 5 nitrogen and oxygen atoms in total. The van der Waals surface area contributed by atoms with Gasteiger partial charge in [0.25, 0.3) is 5.91 Å². The van der Waals surface area contributed by atoms with Crippen LogP contribution in [0.25, 0.3) is 22.8 Å². The van der Waals surface area contributed by atoms with Gasteiger partial charge in [-0.15, -0.1) is 12.4 Å². The van der Waals surface area contributed by atoms with Crippen molar-refractivity contribution in [3.63, 3.8) is 0 Å². The van der Waals surface area contributed by atoms with E-state index in [0.717, 1.165) is 18.4 Å². The summed E-state index contributed by atoms with van der Waals surface area (Å²) in [6.45, 7) is 2.53. The molecule has 3 aromatic rings. The molecule has 0 radical (unpaired) electrons. The molecule has 0 spiro atoms. The third kappa shape index (κ3) is 4.43. The molecular formula is C22H24ClN3O2. The summed E-state index contributed by atoms with van der Waals surface area (Å²) in [5, 5.41) is 2.94. The third-order valence-corrected chi connectivity index (χ3v) is 4.97. The summed E-state index contributed by atoms with van der Waals surface area (Å²) in [6.07, 6.45) is 4.01. The monoisotopic (exact) mass is 397 g/mol. The van der Waals surface area contributed by atoms with Crippen molar-refractivity contribution in [1.29, 1.82) is 0 Å². The topological polar surface area (TPSA) is 81.2 Å². The number of nitrogens with one attached hydrogen (secondary N) is 1. The number of hydrogen-bond acceptors (Lipinski definition) is 4. The van der Waals surface area contributed by atoms with Gasteiger partial charge in [0, 0.05) is 23.7 Å². The number of carbonyl (C=O) groups excluding carboxylic acids is 1. The third-order valence-electron chi connectivity index (χ3n) is 4.97. The molecule has 0 aliphatic heterocycles. The lowest BCUT2D eigenvalue weighted by atomic mass is 10.1. The van der Waals surface area contributed by atoms with Crippen molar-refractivity contribution in [2.24, 2.45) is 11.7 Å². The number of benzene rings is 2. The maximum Gasteiger partial charge on any atom is 0.252 e. The summed E-state index contributed by atoms with van der Waals surface area (Å²) < 4.78 is 5.94. The highest BCUT2D eigenvalue weighted by atomic mass is 35.5. The van der Waals surface area contributed by atoms with Gasteiger partial charge in [0.15, 0.2) is 5.76 Å². The van der Waals surface area contributed by atoms with E-state index < -0.39 is 0 Å². The van der Waals surface area contributed by atoms with Gasteiger partial charge in [-0.25, -0.2) is 4.98 Å². The van der Waals surface area contributed by atoms with Gasteiger partial charge in [0.1, 0.15) is 0 Å². The van der Waals surface area contributed by atoms with E-state index in [1.807, 2.05) is 49.4 Å². The molecule has 1 saturated carbocycles. The van der Waals surface area contributed by atoms with Crippen LogP contribution in [0.2, 0.25) is 0 Å². The molecular weight excluding hydrogens is 374 g/mol. The van der Waals surface area contributed by atoms with E-state index in [2.05, 4.69) is 10.3 Å². The first-order chi connectivity index (χ1) is 13.1. The van der Waals surface area contributed by atoms with Gasteiger partial charge in [-0.05, 0) is 37.8 Å². The summed E-state index contributed by atoms with van der Waals surface area (Å²) in [5.41, 5.74) is 9.44. The SMILES string of the molecule is Cc1ccc(-c2cnc(-c3ccccc3C(=O)NCC(N)C3CC3)o2)cc1.Cl. The van der Waals surface area contributed by atoms with Crippen LogP contribution in [0, 0.1) is 12.8 Å². The van der Waals surface area contributed by atoms with Crippen molar-refractivity contribution in [1.82, 2.24) is 10.3 Å². The van der Waals surface area contributed by atoms with E-state index in [1.54, 1.807) is 12.3 Å². The molecule has 4 rings (SSSR count). The zero-order valence-corrected chi connectivity index (χ0v) is 16.5. The van der Waals surface area contributed by atoms with Crippen molar-refractivity contribution >= 4 is 18.3 Å². The van der Waals surface area contributed by atoms with Gasteiger partial charge in [-0.2, -0.15) is 0 Å². The molecule has 1 atom stereocenters. The lowest BCUT2D eigenvalue weighted by Gasteiger charge is -2.12. The molecule has 1 aromatic heterocycles. The lowest BCUT2D eigenvalue weighted by molar-refractivity contribution is 0.0950. The number of aryl methyl sites for hydroxylation is 1. The zero-order valence-electron chi connectivity index (χ0n) is 15.7. The molecule has 3 N–H and O–H groups in total. The first-order valence-corrected chi connectivity index (χ1v) is 9.28. The normalized spacial score (nSPS) is 14.2. The Hall–Kier alpha value is -2.63. The van der Waals surface area contributed by atoms with Gasteiger partial charge in [-0.1, -0.05) is 42.0 Å². The smallest absolute Gasteiger partial charge is 0.252 e. The molecule has 6 heteroatoms. The first kappa shape index (κ1) is 20.1. The van der Waals surface area contributed by atoms with Crippen LogP contribution in [0.4, 0.5) is 0 Å².